The van der Waals surface area contributed by atoms with Gasteiger partial charge in [0.05, 0.1) is 9.40 Å². The molecule has 0 amide bonds. The van der Waals surface area contributed by atoms with Crippen LogP contribution in [0.15, 0.2) is 22.7 Å². The fraction of sp³-hybridized carbons (Fsp3) is 0.500. The van der Waals surface area contributed by atoms with E-state index in [1.165, 1.54) is 6.07 Å². The third-order valence-corrected chi connectivity index (χ3v) is 4.73. The van der Waals surface area contributed by atoms with Crippen molar-refractivity contribution in [1.29, 1.82) is 0 Å². The summed E-state index contributed by atoms with van der Waals surface area (Å²) >= 11 is 3.31. The summed E-state index contributed by atoms with van der Waals surface area (Å²) in [5.74, 6) is -0.498. The van der Waals surface area contributed by atoms with Crippen molar-refractivity contribution in [2.45, 2.75) is 25.8 Å². The summed E-state index contributed by atoms with van der Waals surface area (Å²) < 4.78 is 0.530. The molecule has 21 heavy (non-hydrogen) atoms. The Morgan fingerprint density at radius 3 is 2.67 bits per heavy atom. The quantitative estimate of drug-likeness (QED) is 0.647. The second-order valence-electron chi connectivity index (χ2n) is 5.32. The van der Waals surface area contributed by atoms with Crippen molar-refractivity contribution >= 4 is 27.6 Å². The maximum absolute atomic E-state index is 10.9. The molecule has 0 bridgehead atoms. The Morgan fingerprint density at radius 2 is 2.10 bits per heavy atom. The number of likely N-dealkylation sites (tertiary alicyclic amines) is 1. The van der Waals surface area contributed by atoms with Crippen LogP contribution in [0.25, 0.3) is 0 Å². The van der Waals surface area contributed by atoms with Crippen LogP contribution >= 0.6 is 15.9 Å². The van der Waals surface area contributed by atoms with Crippen LogP contribution in [-0.2, 0) is 11.3 Å². The summed E-state index contributed by atoms with van der Waals surface area (Å²) in [6.07, 6.45) is 1.95. The van der Waals surface area contributed by atoms with Gasteiger partial charge in [0.25, 0.3) is 5.69 Å². The first kappa shape index (κ1) is 15.9. The van der Waals surface area contributed by atoms with E-state index in [4.69, 9.17) is 5.11 Å². The van der Waals surface area contributed by atoms with E-state index < -0.39 is 10.9 Å². The van der Waals surface area contributed by atoms with E-state index in [2.05, 4.69) is 20.8 Å². The second kappa shape index (κ2) is 7.00. The molecular formula is C14H17BrN2O4. The van der Waals surface area contributed by atoms with Gasteiger partial charge in [0.2, 0.25) is 0 Å². The summed E-state index contributed by atoms with van der Waals surface area (Å²) in [5, 5.41) is 19.7. The first-order valence-corrected chi connectivity index (χ1v) is 7.62. The highest BCUT2D eigenvalue weighted by molar-refractivity contribution is 9.10. The van der Waals surface area contributed by atoms with Crippen LogP contribution in [0.4, 0.5) is 5.69 Å². The normalized spacial score (nSPS) is 16.8. The van der Waals surface area contributed by atoms with Crippen LogP contribution in [0.3, 0.4) is 0 Å². The molecule has 1 fully saturated rings. The van der Waals surface area contributed by atoms with Crippen LogP contribution in [-0.4, -0.2) is 34.0 Å². The third-order valence-electron chi connectivity index (χ3n) is 3.82. The van der Waals surface area contributed by atoms with Crippen molar-refractivity contribution in [3.05, 3.63) is 38.3 Å². The molecule has 1 aliphatic rings. The molecule has 2 rings (SSSR count). The Balaban J connectivity index is 1.96. The molecule has 1 saturated heterocycles. The topological polar surface area (TPSA) is 83.7 Å². The van der Waals surface area contributed by atoms with Crippen molar-refractivity contribution in [2.75, 3.05) is 13.1 Å². The van der Waals surface area contributed by atoms with Crippen molar-refractivity contribution in [1.82, 2.24) is 4.90 Å². The van der Waals surface area contributed by atoms with Gasteiger partial charge in [-0.15, -0.1) is 0 Å². The summed E-state index contributed by atoms with van der Waals surface area (Å²) in [5.41, 5.74) is 0.967. The monoisotopic (exact) mass is 356 g/mol. The van der Waals surface area contributed by atoms with Gasteiger partial charge < -0.3 is 5.11 Å². The molecule has 1 N–H and O–H groups in total. The number of halogens is 1. The Morgan fingerprint density at radius 1 is 1.43 bits per heavy atom. The molecule has 1 aliphatic heterocycles. The van der Waals surface area contributed by atoms with Gasteiger partial charge in [0.15, 0.2) is 0 Å². The summed E-state index contributed by atoms with van der Waals surface area (Å²) in [6, 6.07) is 5.04. The van der Waals surface area contributed by atoms with Crippen LogP contribution < -0.4 is 0 Å². The molecule has 0 unspecified atom stereocenters. The average molecular weight is 357 g/mol. The lowest BCUT2D eigenvalue weighted by atomic mass is 9.93. The smallest absolute Gasteiger partial charge is 0.303 e. The lowest BCUT2D eigenvalue weighted by Gasteiger charge is -2.31. The standard InChI is InChI=1S/C14H17BrN2O4/c15-14-11(2-1-3-12(14)17(20)21)9-16-6-4-10(5-7-16)8-13(18)19/h1-3,10H,4-9H2,(H,18,19). The number of aliphatic carboxylic acids is 1. The highest BCUT2D eigenvalue weighted by Crippen LogP contribution is 2.30. The molecule has 0 radical (unpaired) electrons. The first-order valence-electron chi connectivity index (χ1n) is 6.83. The molecule has 0 saturated carbocycles. The van der Waals surface area contributed by atoms with Gasteiger partial charge >= 0.3 is 5.97 Å². The van der Waals surface area contributed by atoms with Crippen molar-refractivity contribution in [3.63, 3.8) is 0 Å². The van der Waals surface area contributed by atoms with Gasteiger partial charge in [0, 0.05) is 19.0 Å². The van der Waals surface area contributed by atoms with Crippen LogP contribution in [0.5, 0.6) is 0 Å². The molecule has 1 aromatic carbocycles. The van der Waals surface area contributed by atoms with Gasteiger partial charge in [-0.25, -0.2) is 0 Å². The maximum atomic E-state index is 10.9. The molecule has 1 aromatic rings. The number of nitro groups is 1. The van der Waals surface area contributed by atoms with E-state index in [0.29, 0.717) is 11.0 Å². The van der Waals surface area contributed by atoms with Gasteiger partial charge in [-0.05, 0) is 53.3 Å². The number of carboxylic acids is 1. The van der Waals surface area contributed by atoms with Crippen LogP contribution in [0.2, 0.25) is 0 Å². The first-order chi connectivity index (χ1) is 9.97. The molecule has 1 heterocycles. The van der Waals surface area contributed by atoms with E-state index in [1.54, 1.807) is 6.07 Å². The maximum Gasteiger partial charge on any atom is 0.303 e. The predicted molar refractivity (Wildman–Crippen MR) is 81.1 cm³/mol. The SMILES string of the molecule is O=C(O)CC1CCN(Cc2cccc([N+](=O)[O-])c2Br)CC1. The molecular weight excluding hydrogens is 340 g/mol. The fourth-order valence-electron chi connectivity index (χ4n) is 2.67. The molecule has 0 atom stereocenters. The number of piperidine rings is 1. The molecule has 7 heteroatoms. The third kappa shape index (κ3) is 4.25. The van der Waals surface area contributed by atoms with Crippen molar-refractivity contribution in [3.8, 4) is 0 Å². The highest BCUT2D eigenvalue weighted by Gasteiger charge is 2.23. The lowest BCUT2D eigenvalue weighted by molar-refractivity contribution is -0.385. The minimum atomic E-state index is -0.741. The summed E-state index contributed by atoms with van der Waals surface area (Å²) in [7, 11) is 0. The summed E-state index contributed by atoms with van der Waals surface area (Å²) in [4.78, 5) is 23.4. The van der Waals surface area contributed by atoms with E-state index in [9.17, 15) is 14.9 Å². The van der Waals surface area contributed by atoms with Crippen LogP contribution in [0, 0.1) is 16.0 Å². The second-order valence-corrected chi connectivity index (χ2v) is 6.12. The number of benzene rings is 1. The van der Waals surface area contributed by atoms with Crippen molar-refractivity contribution in [2.24, 2.45) is 5.92 Å². The Bertz CT molecular complexity index is 542. The number of carbonyl (C=O) groups is 1. The van der Waals surface area contributed by atoms with E-state index in [-0.39, 0.29) is 18.0 Å². The average Bonchev–Trinajstić information content (AvgIpc) is 2.42. The predicted octanol–water partition coefficient (Wildman–Crippen LogP) is 3.04. The largest absolute Gasteiger partial charge is 0.481 e. The number of nitrogens with zero attached hydrogens (tertiary/aromatic N) is 2. The Hall–Kier alpha value is -1.47. The Labute approximate surface area is 131 Å². The van der Waals surface area contributed by atoms with E-state index in [1.807, 2.05) is 6.07 Å². The lowest BCUT2D eigenvalue weighted by Crippen LogP contribution is -2.34. The zero-order valence-electron chi connectivity index (χ0n) is 11.5. The molecule has 0 spiro atoms. The van der Waals surface area contributed by atoms with E-state index >= 15 is 0 Å². The van der Waals surface area contributed by atoms with Gasteiger partial charge in [-0.3, -0.25) is 19.8 Å². The minimum absolute atomic E-state index is 0.0771. The summed E-state index contributed by atoms with van der Waals surface area (Å²) in [6.45, 7) is 2.29. The number of rotatable bonds is 5. The number of hydrogen-bond donors (Lipinski definition) is 1. The van der Waals surface area contributed by atoms with Crippen molar-refractivity contribution < 1.29 is 14.8 Å². The zero-order valence-corrected chi connectivity index (χ0v) is 13.1. The zero-order chi connectivity index (χ0) is 15.4. The number of hydrogen-bond acceptors (Lipinski definition) is 4. The molecule has 6 nitrogen and oxygen atoms in total. The molecule has 114 valence electrons. The fourth-order valence-corrected chi connectivity index (χ4v) is 3.20. The van der Waals surface area contributed by atoms with Crippen LogP contribution in [0.1, 0.15) is 24.8 Å². The number of carboxylic acid groups (broad SMARTS) is 1. The molecule has 0 aromatic heterocycles. The Kier molecular flexibility index (Phi) is 5.30. The highest BCUT2D eigenvalue weighted by atomic mass is 79.9. The number of nitro benzene ring substituents is 1. The van der Waals surface area contributed by atoms with Gasteiger partial charge in [0.1, 0.15) is 0 Å². The minimum Gasteiger partial charge on any atom is -0.481 e. The van der Waals surface area contributed by atoms with Gasteiger partial charge in [-0.2, -0.15) is 0 Å². The van der Waals surface area contributed by atoms with E-state index in [0.717, 1.165) is 31.5 Å². The molecule has 0 aliphatic carbocycles. The van der Waals surface area contributed by atoms with Gasteiger partial charge in [-0.1, -0.05) is 12.1 Å².